The summed E-state index contributed by atoms with van der Waals surface area (Å²) in [5.41, 5.74) is 3.66. The monoisotopic (exact) mass is 407 g/mol. The number of nitrogens with zero attached hydrogens (tertiary/aromatic N) is 2. The molecule has 148 valence electrons. The van der Waals surface area contributed by atoms with Gasteiger partial charge in [0.2, 0.25) is 5.91 Å². The van der Waals surface area contributed by atoms with E-state index in [1.165, 1.54) is 22.6 Å². The van der Waals surface area contributed by atoms with E-state index in [2.05, 4.69) is 33.8 Å². The highest BCUT2D eigenvalue weighted by Gasteiger charge is 2.30. The molecule has 2 heterocycles. The highest BCUT2D eigenvalue weighted by Crippen LogP contribution is 2.37. The first-order valence-electron chi connectivity index (χ1n) is 9.43. The Morgan fingerprint density at radius 3 is 2.79 bits per heavy atom. The molecule has 1 amide bonds. The van der Waals surface area contributed by atoms with E-state index < -0.39 is 4.92 Å². The molecule has 0 unspecified atom stereocenters. The van der Waals surface area contributed by atoms with Gasteiger partial charge in [-0.25, -0.2) is 0 Å². The van der Waals surface area contributed by atoms with Crippen LogP contribution in [0, 0.1) is 17.0 Å². The van der Waals surface area contributed by atoms with Crippen LogP contribution in [0.4, 0.5) is 11.4 Å². The molecule has 1 N–H and O–H groups in total. The lowest BCUT2D eigenvalue weighted by Gasteiger charge is -2.35. The first kappa shape index (κ1) is 19.3. The molecule has 7 heteroatoms. The van der Waals surface area contributed by atoms with Crippen LogP contribution in [0.25, 0.3) is 0 Å². The summed E-state index contributed by atoms with van der Waals surface area (Å²) in [6.45, 7) is 2.83. The molecule has 3 aromatic rings. The van der Waals surface area contributed by atoms with E-state index in [-0.39, 0.29) is 24.2 Å². The number of rotatable bonds is 5. The Bertz CT molecular complexity index is 1050. The topological polar surface area (TPSA) is 75.5 Å². The fraction of sp³-hybridized carbons (Fsp3) is 0.227. The second kappa shape index (κ2) is 8.14. The molecule has 0 saturated heterocycles. The number of fused-ring (bicyclic) bond motifs is 1. The maximum atomic E-state index is 12.8. The van der Waals surface area contributed by atoms with Gasteiger partial charge in [0.05, 0.1) is 23.2 Å². The first-order valence-corrected chi connectivity index (χ1v) is 10.3. The van der Waals surface area contributed by atoms with Gasteiger partial charge < -0.3 is 5.32 Å². The summed E-state index contributed by atoms with van der Waals surface area (Å²) in [5, 5.41) is 16.0. The first-order chi connectivity index (χ1) is 14.0. The summed E-state index contributed by atoms with van der Waals surface area (Å²) in [6, 6.07) is 16.9. The van der Waals surface area contributed by atoms with Crippen LogP contribution in [0.15, 0.2) is 60.0 Å². The molecular formula is C22H21N3O3S. The Kier molecular flexibility index (Phi) is 5.42. The fourth-order valence-electron chi connectivity index (χ4n) is 3.80. The average Bonchev–Trinajstić information content (AvgIpc) is 3.18. The van der Waals surface area contributed by atoms with Crippen molar-refractivity contribution in [1.82, 2.24) is 4.90 Å². The molecular weight excluding hydrogens is 386 g/mol. The number of anilines is 1. The van der Waals surface area contributed by atoms with Gasteiger partial charge in [0.1, 0.15) is 0 Å². The van der Waals surface area contributed by atoms with Crippen molar-refractivity contribution in [3.05, 3.63) is 91.7 Å². The van der Waals surface area contributed by atoms with E-state index in [4.69, 9.17) is 0 Å². The normalized spacial score (nSPS) is 16.2. The second-order valence-electron chi connectivity index (χ2n) is 7.14. The number of amides is 1. The number of nitrogens with one attached hydrogen (secondary N) is 1. The summed E-state index contributed by atoms with van der Waals surface area (Å²) in [7, 11) is 0. The van der Waals surface area contributed by atoms with Crippen LogP contribution in [-0.2, 0) is 11.2 Å². The van der Waals surface area contributed by atoms with E-state index >= 15 is 0 Å². The number of benzene rings is 2. The van der Waals surface area contributed by atoms with Crippen molar-refractivity contribution < 1.29 is 9.72 Å². The van der Waals surface area contributed by atoms with E-state index in [0.29, 0.717) is 5.69 Å². The second-order valence-corrected chi connectivity index (χ2v) is 8.14. The van der Waals surface area contributed by atoms with Crippen LogP contribution >= 0.6 is 11.3 Å². The van der Waals surface area contributed by atoms with Crippen LogP contribution in [0.3, 0.4) is 0 Å². The summed E-state index contributed by atoms with van der Waals surface area (Å²) in [6.07, 6.45) is 0.916. The SMILES string of the molecule is Cc1ccc([N+](=O)[O-])cc1NC(=O)CN1CCc2sccc2[C@H]1c1ccccc1. The number of carbonyl (C=O) groups excluding carboxylic acids is 1. The third-order valence-corrected chi connectivity index (χ3v) is 6.23. The van der Waals surface area contributed by atoms with Gasteiger partial charge in [-0.05, 0) is 41.5 Å². The highest BCUT2D eigenvalue weighted by atomic mass is 32.1. The molecule has 0 aliphatic carbocycles. The Labute approximate surface area is 172 Å². The third kappa shape index (κ3) is 4.06. The van der Waals surface area contributed by atoms with E-state index in [9.17, 15) is 14.9 Å². The van der Waals surface area contributed by atoms with Crippen LogP contribution in [-0.4, -0.2) is 28.8 Å². The quantitative estimate of drug-likeness (QED) is 0.497. The number of hydrogen-bond acceptors (Lipinski definition) is 5. The van der Waals surface area contributed by atoms with E-state index in [0.717, 1.165) is 24.1 Å². The summed E-state index contributed by atoms with van der Waals surface area (Å²) < 4.78 is 0. The zero-order valence-corrected chi connectivity index (χ0v) is 16.8. The molecule has 4 rings (SSSR count). The largest absolute Gasteiger partial charge is 0.324 e. The molecule has 0 bridgehead atoms. The van der Waals surface area contributed by atoms with Crippen molar-refractivity contribution in [2.24, 2.45) is 0 Å². The Hall–Kier alpha value is -3.03. The Morgan fingerprint density at radius 2 is 2.03 bits per heavy atom. The number of non-ortho nitro benzene ring substituents is 1. The number of hydrogen-bond donors (Lipinski definition) is 1. The summed E-state index contributed by atoms with van der Waals surface area (Å²) in [5.74, 6) is -0.173. The zero-order valence-electron chi connectivity index (χ0n) is 16.0. The minimum atomic E-state index is -0.455. The minimum absolute atomic E-state index is 0.0307. The maximum Gasteiger partial charge on any atom is 0.271 e. The number of thiophene rings is 1. The standard InChI is InChI=1S/C22H21N3O3S/c1-15-7-8-17(25(27)28)13-19(15)23-21(26)14-24-11-9-20-18(10-12-29-20)22(24)16-5-3-2-4-6-16/h2-8,10,12-13,22H,9,11,14H2,1H3,(H,23,26)/t22-/m1/s1. The molecule has 29 heavy (non-hydrogen) atoms. The molecule has 0 spiro atoms. The van der Waals surface area contributed by atoms with Crippen LogP contribution in [0.5, 0.6) is 0 Å². The van der Waals surface area contributed by atoms with E-state index in [1.807, 2.05) is 25.1 Å². The Balaban J connectivity index is 1.56. The van der Waals surface area contributed by atoms with E-state index in [1.54, 1.807) is 17.4 Å². The van der Waals surface area contributed by atoms with Crippen molar-refractivity contribution in [2.75, 3.05) is 18.4 Å². The van der Waals surface area contributed by atoms with Gasteiger partial charge in [0.25, 0.3) is 5.69 Å². The van der Waals surface area contributed by atoms with Crippen molar-refractivity contribution in [2.45, 2.75) is 19.4 Å². The summed E-state index contributed by atoms with van der Waals surface area (Å²) >= 11 is 1.76. The minimum Gasteiger partial charge on any atom is -0.324 e. The third-order valence-electron chi connectivity index (χ3n) is 5.23. The van der Waals surface area contributed by atoms with Gasteiger partial charge in [-0.2, -0.15) is 0 Å². The fourth-order valence-corrected chi connectivity index (χ4v) is 4.70. The van der Waals surface area contributed by atoms with Crippen molar-refractivity contribution in [3.63, 3.8) is 0 Å². The van der Waals surface area contributed by atoms with Crippen molar-refractivity contribution in [3.8, 4) is 0 Å². The molecule has 0 fully saturated rings. The smallest absolute Gasteiger partial charge is 0.271 e. The molecule has 1 aliphatic heterocycles. The molecule has 0 saturated carbocycles. The number of aryl methyl sites for hydroxylation is 1. The lowest BCUT2D eigenvalue weighted by Crippen LogP contribution is -2.40. The van der Waals surface area contributed by atoms with Gasteiger partial charge in [-0.3, -0.25) is 19.8 Å². The van der Waals surface area contributed by atoms with Gasteiger partial charge in [0.15, 0.2) is 0 Å². The highest BCUT2D eigenvalue weighted by molar-refractivity contribution is 7.10. The van der Waals surface area contributed by atoms with Crippen LogP contribution in [0.1, 0.15) is 27.6 Å². The maximum absolute atomic E-state index is 12.8. The molecule has 1 aliphatic rings. The average molecular weight is 407 g/mol. The predicted molar refractivity (Wildman–Crippen MR) is 114 cm³/mol. The molecule has 6 nitrogen and oxygen atoms in total. The zero-order chi connectivity index (χ0) is 20.4. The number of nitro benzene ring substituents is 1. The molecule has 1 aromatic heterocycles. The van der Waals surface area contributed by atoms with Crippen molar-refractivity contribution in [1.29, 1.82) is 0 Å². The van der Waals surface area contributed by atoms with Crippen LogP contribution < -0.4 is 5.32 Å². The summed E-state index contributed by atoms with van der Waals surface area (Å²) in [4.78, 5) is 26.9. The Morgan fingerprint density at radius 1 is 1.24 bits per heavy atom. The van der Waals surface area contributed by atoms with Gasteiger partial charge in [-0.15, -0.1) is 11.3 Å². The molecule has 0 radical (unpaired) electrons. The predicted octanol–water partition coefficient (Wildman–Crippen LogP) is 4.55. The molecule has 1 atom stereocenters. The van der Waals surface area contributed by atoms with Gasteiger partial charge in [0, 0.05) is 23.6 Å². The number of carbonyl (C=O) groups is 1. The van der Waals surface area contributed by atoms with Gasteiger partial charge >= 0.3 is 0 Å². The number of nitro groups is 1. The molecule has 2 aromatic carbocycles. The van der Waals surface area contributed by atoms with Crippen molar-refractivity contribution >= 4 is 28.6 Å². The lowest BCUT2D eigenvalue weighted by molar-refractivity contribution is -0.384. The lowest BCUT2D eigenvalue weighted by atomic mass is 9.93. The van der Waals surface area contributed by atoms with Gasteiger partial charge in [-0.1, -0.05) is 36.4 Å². The van der Waals surface area contributed by atoms with Crippen LogP contribution in [0.2, 0.25) is 0 Å².